The monoisotopic (exact) mass is 663 g/mol. The van der Waals surface area contributed by atoms with E-state index in [-0.39, 0.29) is 53.0 Å². The topological polar surface area (TPSA) is 104 Å². The van der Waals surface area contributed by atoms with Crippen LogP contribution in [0.5, 0.6) is 5.88 Å². The molecule has 246 valence electrons. The molecule has 9 nitrogen and oxygen atoms in total. The van der Waals surface area contributed by atoms with Gasteiger partial charge in [-0.1, -0.05) is 24.0 Å². The van der Waals surface area contributed by atoms with Crippen LogP contribution in [0.15, 0.2) is 79.1 Å². The van der Waals surface area contributed by atoms with Crippen molar-refractivity contribution in [2.24, 2.45) is 7.05 Å². The van der Waals surface area contributed by atoms with E-state index < -0.39 is 23.4 Å². The number of nitrogens with zero attached hydrogens (tertiary/aromatic N) is 5. The Balaban J connectivity index is 1.08. The summed E-state index contributed by atoms with van der Waals surface area (Å²) in [5.41, 5.74) is 2.83. The molecule has 1 aliphatic rings. The van der Waals surface area contributed by atoms with Crippen molar-refractivity contribution in [2.45, 2.75) is 32.1 Å². The van der Waals surface area contributed by atoms with E-state index in [9.17, 15) is 14.3 Å². The number of aromatic carboxylic acids is 1. The predicted molar refractivity (Wildman–Crippen MR) is 173 cm³/mol. The van der Waals surface area contributed by atoms with Crippen molar-refractivity contribution in [3.8, 4) is 29.0 Å². The quantitative estimate of drug-likeness (QED) is 0.181. The van der Waals surface area contributed by atoms with Gasteiger partial charge in [0.2, 0.25) is 5.88 Å². The van der Waals surface area contributed by atoms with Gasteiger partial charge in [0, 0.05) is 49.0 Å². The van der Waals surface area contributed by atoms with Crippen LogP contribution in [-0.4, -0.2) is 48.1 Å². The van der Waals surface area contributed by atoms with Crippen LogP contribution < -0.4 is 4.74 Å². The first-order chi connectivity index (χ1) is 23.7. The molecule has 3 aromatic carbocycles. The molecule has 1 fully saturated rings. The van der Waals surface area contributed by atoms with Crippen molar-refractivity contribution in [3.63, 3.8) is 0 Å². The molecule has 49 heavy (non-hydrogen) atoms. The van der Waals surface area contributed by atoms with Gasteiger partial charge in [-0.25, -0.2) is 27.9 Å². The van der Waals surface area contributed by atoms with E-state index in [1.165, 1.54) is 24.3 Å². The molecule has 0 spiro atoms. The summed E-state index contributed by atoms with van der Waals surface area (Å²) in [5, 5.41) is 13.5. The van der Waals surface area contributed by atoms with Gasteiger partial charge in [0.25, 0.3) is 0 Å². The van der Waals surface area contributed by atoms with Crippen LogP contribution >= 0.6 is 0 Å². The Morgan fingerprint density at radius 2 is 1.80 bits per heavy atom. The van der Waals surface area contributed by atoms with E-state index in [0.29, 0.717) is 41.1 Å². The number of pyridine rings is 1. The number of imidazole rings is 1. The lowest BCUT2D eigenvalue weighted by Crippen LogP contribution is -2.31. The highest BCUT2D eigenvalue weighted by Crippen LogP contribution is 2.29. The van der Waals surface area contributed by atoms with Crippen molar-refractivity contribution >= 4 is 17.0 Å². The number of aryl methyl sites for hydroxylation is 1. The summed E-state index contributed by atoms with van der Waals surface area (Å²) < 4.78 is 60.7. The molecule has 0 amide bonds. The molecule has 7 rings (SSSR count). The number of hydrogen-bond donors (Lipinski definition) is 1. The van der Waals surface area contributed by atoms with E-state index in [1.807, 2.05) is 4.57 Å². The van der Waals surface area contributed by atoms with Crippen LogP contribution in [0.3, 0.4) is 0 Å². The lowest BCUT2D eigenvalue weighted by atomic mass is 10.0. The van der Waals surface area contributed by atoms with Gasteiger partial charge in [-0.15, -0.1) is 0 Å². The van der Waals surface area contributed by atoms with E-state index >= 15 is 8.78 Å². The first-order valence-electron chi connectivity index (χ1n) is 15.4. The first-order valence-corrected chi connectivity index (χ1v) is 15.4. The highest BCUT2D eigenvalue weighted by Gasteiger charge is 2.24. The number of halogens is 3. The van der Waals surface area contributed by atoms with Gasteiger partial charge >= 0.3 is 5.97 Å². The largest absolute Gasteiger partial charge is 0.478 e. The Labute approximate surface area is 278 Å². The van der Waals surface area contributed by atoms with Gasteiger partial charge in [-0.05, 0) is 60.5 Å². The van der Waals surface area contributed by atoms with Crippen LogP contribution in [0, 0.1) is 29.3 Å². The Bertz CT molecular complexity index is 2280. The van der Waals surface area contributed by atoms with Gasteiger partial charge in [0.1, 0.15) is 29.9 Å². The maximum atomic E-state index is 15.6. The SMILES string of the molecule is Cn1cc(C#Cc2ccc(COc3cccc(-c4cc(F)c(Cc5nc6ccc(C(=O)O)cc6n5CC5CCO5)cc4F)n3)c(F)c2)cn1. The van der Waals surface area contributed by atoms with Crippen molar-refractivity contribution < 1.29 is 32.5 Å². The van der Waals surface area contributed by atoms with E-state index in [1.54, 1.807) is 54.5 Å². The molecule has 0 saturated carbocycles. The molecule has 6 aromatic rings. The second kappa shape index (κ2) is 13.3. The number of hydrogen-bond acceptors (Lipinski definition) is 6. The Morgan fingerprint density at radius 1 is 0.980 bits per heavy atom. The standard InChI is InChI=1S/C37H28F3N5O4/c1-44-19-23(18-41-44)6-5-22-7-8-25(29(38)13-22)21-49-36-4-2-3-32(43-36)28-17-30(39)26(14-31(28)40)16-35-42-33-10-9-24(37(46)47)15-34(33)45(35)20-27-11-12-48-27/h2-4,7-10,13-15,17-19,27H,11-12,16,20-21H2,1H3,(H,46,47). The Kier molecular flexibility index (Phi) is 8.59. The summed E-state index contributed by atoms with van der Waals surface area (Å²) in [6, 6.07) is 16.0. The molecule has 4 heterocycles. The molecule has 1 atom stereocenters. The van der Waals surface area contributed by atoms with Crippen LogP contribution in [0.25, 0.3) is 22.3 Å². The number of benzene rings is 3. The summed E-state index contributed by atoms with van der Waals surface area (Å²) in [5.74, 6) is 3.45. The molecule has 1 N–H and O–H groups in total. The van der Waals surface area contributed by atoms with Crippen LogP contribution in [0.2, 0.25) is 0 Å². The number of carbonyl (C=O) groups is 1. The third-order valence-electron chi connectivity index (χ3n) is 8.22. The fourth-order valence-corrected chi connectivity index (χ4v) is 5.54. The molecule has 0 bridgehead atoms. The molecule has 0 aliphatic carbocycles. The van der Waals surface area contributed by atoms with Gasteiger partial charge in [0.15, 0.2) is 0 Å². The Morgan fingerprint density at radius 3 is 2.53 bits per heavy atom. The fraction of sp³-hybridized carbons (Fsp3) is 0.189. The number of carboxylic acid groups (broad SMARTS) is 1. The zero-order chi connectivity index (χ0) is 34.1. The van der Waals surface area contributed by atoms with Crippen LogP contribution in [0.1, 0.15) is 44.9 Å². The predicted octanol–water partition coefficient (Wildman–Crippen LogP) is 6.31. The summed E-state index contributed by atoms with van der Waals surface area (Å²) in [4.78, 5) is 20.6. The maximum absolute atomic E-state index is 15.6. The van der Waals surface area contributed by atoms with Gasteiger partial charge in [0.05, 0.1) is 46.7 Å². The van der Waals surface area contributed by atoms with Gasteiger partial charge in [-0.2, -0.15) is 5.10 Å². The van der Waals surface area contributed by atoms with E-state index in [0.717, 1.165) is 18.6 Å². The van der Waals surface area contributed by atoms with E-state index in [4.69, 9.17) is 9.47 Å². The second-order valence-corrected chi connectivity index (χ2v) is 11.6. The number of ether oxygens (including phenoxy) is 2. The third kappa shape index (κ3) is 6.88. The highest BCUT2D eigenvalue weighted by molar-refractivity contribution is 5.92. The van der Waals surface area contributed by atoms with E-state index in [2.05, 4.69) is 26.9 Å². The summed E-state index contributed by atoms with van der Waals surface area (Å²) in [6.07, 6.45) is 4.08. The minimum Gasteiger partial charge on any atom is -0.478 e. The molecule has 0 radical (unpaired) electrons. The number of rotatable bonds is 9. The lowest BCUT2D eigenvalue weighted by Gasteiger charge is -2.27. The molecular formula is C37H28F3N5O4. The summed E-state index contributed by atoms with van der Waals surface area (Å²) >= 11 is 0. The van der Waals surface area contributed by atoms with Crippen molar-refractivity contribution in [2.75, 3.05) is 6.61 Å². The van der Waals surface area contributed by atoms with Gasteiger partial charge in [-0.3, -0.25) is 4.68 Å². The van der Waals surface area contributed by atoms with Crippen molar-refractivity contribution in [1.29, 1.82) is 0 Å². The average molecular weight is 664 g/mol. The van der Waals surface area contributed by atoms with Crippen LogP contribution in [0.4, 0.5) is 13.2 Å². The van der Waals surface area contributed by atoms with Crippen molar-refractivity contribution in [3.05, 3.63) is 130 Å². The number of fused-ring (bicyclic) bond motifs is 1. The van der Waals surface area contributed by atoms with Gasteiger partial charge < -0.3 is 19.1 Å². The average Bonchev–Trinajstić information content (AvgIpc) is 3.64. The zero-order valence-electron chi connectivity index (χ0n) is 26.2. The first kappa shape index (κ1) is 31.7. The number of carboxylic acids is 1. The molecular weight excluding hydrogens is 635 g/mol. The molecule has 12 heteroatoms. The minimum atomic E-state index is -1.08. The molecule has 3 aromatic heterocycles. The minimum absolute atomic E-state index is 0.0389. The molecule has 1 aliphatic heterocycles. The number of aromatic nitrogens is 5. The maximum Gasteiger partial charge on any atom is 0.335 e. The third-order valence-corrected chi connectivity index (χ3v) is 8.22. The zero-order valence-corrected chi connectivity index (χ0v) is 26.2. The Hall–Kier alpha value is -5.93. The summed E-state index contributed by atoms with van der Waals surface area (Å²) in [7, 11) is 1.78. The van der Waals surface area contributed by atoms with Crippen LogP contribution in [-0.2, 0) is 31.4 Å². The highest BCUT2D eigenvalue weighted by atomic mass is 19.1. The molecule has 1 unspecified atom stereocenters. The fourth-order valence-electron chi connectivity index (χ4n) is 5.54. The lowest BCUT2D eigenvalue weighted by molar-refractivity contribution is -0.0589. The summed E-state index contributed by atoms with van der Waals surface area (Å²) in [6.45, 7) is 0.888. The second-order valence-electron chi connectivity index (χ2n) is 11.6. The van der Waals surface area contributed by atoms with Crippen molar-refractivity contribution in [1.82, 2.24) is 24.3 Å². The smallest absolute Gasteiger partial charge is 0.335 e. The normalized spacial score (nSPS) is 13.9. The molecule has 1 saturated heterocycles.